The molecule has 1 aliphatic rings. The van der Waals surface area contributed by atoms with Crippen molar-refractivity contribution in [2.24, 2.45) is 0 Å². The van der Waals surface area contributed by atoms with Crippen molar-refractivity contribution in [3.05, 3.63) is 59.2 Å². The maximum Gasteiger partial charge on any atom is 0.254 e. The summed E-state index contributed by atoms with van der Waals surface area (Å²) >= 11 is 0. The van der Waals surface area contributed by atoms with E-state index < -0.39 is 0 Å². The lowest BCUT2D eigenvalue weighted by molar-refractivity contribution is 0.0766. The van der Waals surface area contributed by atoms with Crippen LogP contribution in [0, 0.1) is 0 Å². The van der Waals surface area contributed by atoms with E-state index in [1.54, 1.807) is 14.2 Å². The number of hydrogen-bond donors (Lipinski definition) is 0. The third-order valence-corrected chi connectivity index (χ3v) is 3.75. The van der Waals surface area contributed by atoms with Gasteiger partial charge in [-0.25, -0.2) is 0 Å². The molecular weight excluding hydrogens is 266 g/mol. The maximum atomic E-state index is 12.4. The van der Waals surface area contributed by atoms with Crippen molar-refractivity contribution in [2.75, 3.05) is 14.2 Å². The zero-order chi connectivity index (χ0) is 14.8. The summed E-state index contributed by atoms with van der Waals surface area (Å²) in [6.07, 6.45) is 0. The van der Waals surface area contributed by atoms with Gasteiger partial charge < -0.3 is 14.4 Å². The number of hydrogen-bond acceptors (Lipinski definition) is 3. The molecule has 0 aliphatic carbocycles. The first-order valence-corrected chi connectivity index (χ1v) is 6.81. The molecule has 0 atom stereocenters. The van der Waals surface area contributed by atoms with Crippen LogP contribution in [0.2, 0.25) is 0 Å². The highest BCUT2D eigenvalue weighted by molar-refractivity contribution is 5.99. The second-order valence-electron chi connectivity index (χ2n) is 5.00. The van der Waals surface area contributed by atoms with Crippen molar-refractivity contribution in [1.29, 1.82) is 0 Å². The standard InChI is InChI=1S/C17H17NO3/c1-20-13-8-6-12(7-9-13)10-18-11-15-14(17(18)19)4-3-5-16(15)21-2/h3-9H,10-11H2,1-2H3. The highest BCUT2D eigenvalue weighted by Gasteiger charge is 2.29. The number of methoxy groups -OCH3 is 2. The first-order valence-electron chi connectivity index (χ1n) is 6.81. The van der Waals surface area contributed by atoms with Gasteiger partial charge in [0.15, 0.2) is 0 Å². The first kappa shape index (κ1) is 13.5. The third kappa shape index (κ3) is 2.44. The van der Waals surface area contributed by atoms with E-state index in [1.165, 1.54) is 0 Å². The highest BCUT2D eigenvalue weighted by Crippen LogP contribution is 2.31. The molecule has 2 aromatic rings. The molecule has 4 heteroatoms. The molecular formula is C17H17NO3. The van der Waals surface area contributed by atoms with Crippen molar-refractivity contribution in [1.82, 2.24) is 4.90 Å². The fourth-order valence-corrected chi connectivity index (χ4v) is 2.63. The Morgan fingerprint density at radius 2 is 1.81 bits per heavy atom. The van der Waals surface area contributed by atoms with Gasteiger partial charge in [0.05, 0.1) is 20.8 Å². The summed E-state index contributed by atoms with van der Waals surface area (Å²) in [7, 11) is 3.27. The van der Waals surface area contributed by atoms with Crippen LogP contribution >= 0.6 is 0 Å². The molecule has 2 aromatic carbocycles. The van der Waals surface area contributed by atoms with Crippen LogP contribution in [0.3, 0.4) is 0 Å². The zero-order valence-electron chi connectivity index (χ0n) is 12.1. The lowest BCUT2D eigenvalue weighted by Gasteiger charge is -2.16. The van der Waals surface area contributed by atoms with Crippen LogP contribution in [0.4, 0.5) is 0 Å². The minimum Gasteiger partial charge on any atom is -0.497 e. The van der Waals surface area contributed by atoms with Gasteiger partial charge in [-0.2, -0.15) is 0 Å². The monoisotopic (exact) mass is 283 g/mol. The van der Waals surface area contributed by atoms with E-state index in [2.05, 4.69) is 0 Å². The molecule has 1 aliphatic heterocycles. The van der Waals surface area contributed by atoms with Gasteiger partial charge in [-0.05, 0) is 29.8 Å². The minimum absolute atomic E-state index is 0.0553. The quantitative estimate of drug-likeness (QED) is 0.866. The van der Waals surface area contributed by atoms with E-state index in [4.69, 9.17) is 9.47 Å². The predicted octanol–water partition coefficient (Wildman–Crippen LogP) is 2.86. The van der Waals surface area contributed by atoms with Gasteiger partial charge in [0.25, 0.3) is 5.91 Å². The Kier molecular flexibility index (Phi) is 3.52. The summed E-state index contributed by atoms with van der Waals surface area (Å²) in [6.45, 7) is 1.17. The molecule has 108 valence electrons. The number of carbonyl (C=O) groups excluding carboxylic acids is 1. The van der Waals surface area contributed by atoms with E-state index in [0.29, 0.717) is 13.1 Å². The molecule has 0 spiro atoms. The van der Waals surface area contributed by atoms with Gasteiger partial charge in [0, 0.05) is 17.7 Å². The Bertz CT molecular complexity index is 664. The molecule has 0 radical (unpaired) electrons. The molecule has 0 unspecified atom stereocenters. The van der Waals surface area contributed by atoms with Crippen LogP contribution in [0.25, 0.3) is 0 Å². The maximum absolute atomic E-state index is 12.4. The summed E-state index contributed by atoms with van der Waals surface area (Å²) in [5.41, 5.74) is 2.79. The smallest absolute Gasteiger partial charge is 0.254 e. The van der Waals surface area contributed by atoms with Crippen molar-refractivity contribution >= 4 is 5.91 Å². The van der Waals surface area contributed by atoms with Crippen LogP contribution in [0.5, 0.6) is 11.5 Å². The Morgan fingerprint density at radius 1 is 1.05 bits per heavy atom. The molecule has 0 bridgehead atoms. The van der Waals surface area contributed by atoms with Crippen LogP contribution < -0.4 is 9.47 Å². The predicted molar refractivity (Wildman–Crippen MR) is 79.6 cm³/mol. The van der Waals surface area contributed by atoms with Crippen LogP contribution in [0.15, 0.2) is 42.5 Å². The van der Waals surface area contributed by atoms with Gasteiger partial charge in [-0.3, -0.25) is 4.79 Å². The molecule has 1 amide bonds. The van der Waals surface area contributed by atoms with Gasteiger partial charge in [-0.1, -0.05) is 18.2 Å². The fourth-order valence-electron chi connectivity index (χ4n) is 2.63. The molecule has 0 fully saturated rings. The average Bonchev–Trinajstić information content (AvgIpc) is 2.84. The Balaban J connectivity index is 1.81. The van der Waals surface area contributed by atoms with E-state index in [0.717, 1.165) is 28.2 Å². The summed E-state index contributed by atoms with van der Waals surface area (Å²) in [4.78, 5) is 14.3. The molecule has 3 rings (SSSR count). The van der Waals surface area contributed by atoms with E-state index in [1.807, 2.05) is 47.4 Å². The molecule has 0 aromatic heterocycles. The van der Waals surface area contributed by atoms with Crippen LogP contribution in [-0.4, -0.2) is 25.0 Å². The minimum atomic E-state index is 0.0553. The summed E-state index contributed by atoms with van der Waals surface area (Å²) < 4.78 is 10.5. The molecule has 4 nitrogen and oxygen atoms in total. The number of rotatable bonds is 4. The SMILES string of the molecule is COc1ccc(CN2Cc3c(OC)cccc3C2=O)cc1. The van der Waals surface area contributed by atoms with Crippen LogP contribution in [0.1, 0.15) is 21.5 Å². The number of fused-ring (bicyclic) bond motifs is 1. The Labute approximate surface area is 123 Å². The number of amides is 1. The topological polar surface area (TPSA) is 38.8 Å². The molecule has 0 saturated carbocycles. The number of benzene rings is 2. The zero-order valence-corrected chi connectivity index (χ0v) is 12.1. The highest BCUT2D eigenvalue weighted by atomic mass is 16.5. The van der Waals surface area contributed by atoms with Crippen LogP contribution in [-0.2, 0) is 13.1 Å². The lowest BCUT2D eigenvalue weighted by Crippen LogP contribution is -2.23. The van der Waals surface area contributed by atoms with Gasteiger partial charge in [-0.15, -0.1) is 0 Å². The summed E-state index contributed by atoms with van der Waals surface area (Å²) in [6, 6.07) is 13.4. The van der Waals surface area contributed by atoms with Crippen molar-refractivity contribution in [3.63, 3.8) is 0 Å². The van der Waals surface area contributed by atoms with E-state index >= 15 is 0 Å². The molecule has 0 N–H and O–H groups in total. The van der Waals surface area contributed by atoms with Gasteiger partial charge >= 0.3 is 0 Å². The average molecular weight is 283 g/mol. The van der Waals surface area contributed by atoms with Crippen molar-refractivity contribution in [2.45, 2.75) is 13.1 Å². The first-order chi connectivity index (χ1) is 10.2. The largest absolute Gasteiger partial charge is 0.497 e. The molecule has 1 heterocycles. The van der Waals surface area contributed by atoms with E-state index in [-0.39, 0.29) is 5.91 Å². The molecule has 21 heavy (non-hydrogen) atoms. The third-order valence-electron chi connectivity index (χ3n) is 3.75. The Hall–Kier alpha value is -2.49. The lowest BCUT2D eigenvalue weighted by atomic mass is 10.1. The molecule has 0 saturated heterocycles. The Morgan fingerprint density at radius 3 is 2.48 bits per heavy atom. The normalized spacial score (nSPS) is 13.2. The van der Waals surface area contributed by atoms with Crippen molar-refractivity contribution < 1.29 is 14.3 Å². The summed E-state index contributed by atoms with van der Waals surface area (Å²) in [5.74, 6) is 1.65. The van der Waals surface area contributed by atoms with E-state index in [9.17, 15) is 4.79 Å². The second-order valence-corrected chi connectivity index (χ2v) is 5.00. The number of nitrogens with zero attached hydrogens (tertiary/aromatic N) is 1. The number of carbonyl (C=O) groups is 1. The van der Waals surface area contributed by atoms with Crippen molar-refractivity contribution in [3.8, 4) is 11.5 Å². The van der Waals surface area contributed by atoms with Gasteiger partial charge in [0.1, 0.15) is 11.5 Å². The van der Waals surface area contributed by atoms with Gasteiger partial charge in [0.2, 0.25) is 0 Å². The summed E-state index contributed by atoms with van der Waals surface area (Å²) in [5, 5.41) is 0. The second kappa shape index (κ2) is 5.48. The fraction of sp³-hybridized carbons (Fsp3) is 0.235. The number of ether oxygens (including phenoxy) is 2.